The maximum Gasteiger partial charge on any atom is 0.270 e. The minimum atomic E-state index is -0.653. The van der Waals surface area contributed by atoms with Gasteiger partial charge in [-0.1, -0.05) is 50.2 Å². The number of ether oxygens (including phenoxy) is 1. The van der Waals surface area contributed by atoms with E-state index in [-0.39, 0.29) is 34.3 Å². The van der Waals surface area contributed by atoms with E-state index in [4.69, 9.17) is 4.74 Å². The summed E-state index contributed by atoms with van der Waals surface area (Å²) in [5.74, 6) is 0.434. The Morgan fingerprint density at radius 3 is 2.12 bits per heavy atom. The smallest absolute Gasteiger partial charge is 0.270 e. The molecule has 0 saturated heterocycles. The third-order valence-corrected chi connectivity index (χ3v) is 9.86. The number of nitrogens with zero attached hydrogens (tertiary/aromatic N) is 4. The number of allylic oxidation sites excluding steroid dienone is 7. The van der Waals surface area contributed by atoms with Crippen molar-refractivity contribution in [3.8, 4) is 5.75 Å². The van der Waals surface area contributed by atoms with E-state index in [1.165, 1.54) is 35.4 Å². The number of anilines is 2. The van der Waals surface area contributed by atoms with E-state index in [1.807, 2.05) is 56.6 Å². The molecule has 0 amide bonds. The highest BCUT2D eigenvalue weighted by atomic mass is 16.6. The standard InChI is InChI=1S/2C19H18N2O3.H2/c1-18(2)15-6-4-5-7-16(15)20(3)19(18)11-10-13-12-14(21(22)23)8-9-17(13)24-19;1-19(2)15-6-4-5-7-16(15)20(3)18(19)11-8-13-12-14(21(23)24)9-10-17(13)22;/h2*4-12H,1-3H3;1H/i;;1+1. The number of hydrogen-bond acceptors (Lipinski definition) is 8. The predicted molar refractivity (Wildman–Crippen MR) is 189 cm³/mol. The van der Waals surface area contributed by atoms with Crippen molar-refractivity contribution >= 4 is 28.9 Å². The van der Waals surface area contributed by atoms with Gasteiger partial charge in [-0.2, -0.15) is 0 Å². The summed E-state index contributed by atoms with van der Waals surface area (Å²) in [5, 5.41) is 21.9. The van der Waals surface area contributed by atoms with Crippen LogP contribution in [0.2, 0.25) is 0 Å². The molecule has 0 radical (unpaired) electrons. The largest absolute Gasteiger partial charge is 0.463 e. The summed E-state index contributed by atoms with van der Waals surface area (Å²) in [4.78, 5) is 37.2. The van der Waals surface area contributed by atoms with Crippen LogP contribution in [0.15, 0.2) is 120 Å². The maximum absolute atomic E-state index is 12.0. The predicted octanol–water partition coefficient (Wildman–Crippen LogP) is 7.89. The van der Waals surface area contributed by atoms with Gasteiger partial charge in [0, 0.05) is 73.4 Å². The highest BCUT2D eigenvalue weighted by Crippen LogP contribution is 2.54. The van der Waals surface area contributed by atoms with Crippen molar-refractivity contribution in [1.29, 1.82) is 0 Å². The molecule has 0 N–H and O–H groups in total. The van der Waals surface area contributed by atoms with Crippen molar-refractivity contribution in [2.75, 3.05) is 23.9 Å². The van der Waals surface area contributed by atoms with Gasteiger partial charge in [0.05, 0.1) is 15.3 Å². The Balaban J connectivity index is 0.000000187. The Labute approximate surface area is 280 Å². The number of fused-ring (bicyclic) bond motifs is 3. The molecule has 3 aromatic carbocycles. The number of hydrogen-bond donors (Lipinski definition) is 0. The van der Waals surface area contributed by atoms with Crippen molar-refractivity contribution < 1.29 is 20.8 Å². The molecule has 1 atom stereocenters. The SMILES string of the molecule is CN1C(=CC=C2C=C([N+](=O)[O-])C=CC2=O)C(C)(C)c2ccccc21.CN1c2ccccc2C(C)(C)C12C=Cc1cc([N+](=O)[O-])ccc1O2.[2HH]. The van der Waals surface area contributed by atoms with E-state index in [0.29, 0.717) is 11.3 Å². The van der Waals surface area contributed by atoms with E-state index in [9.17, 15) is 25.0 Å². The Hall–Kier alpha value is -5.77. The zero-order valence-electron chi connectivity index (χ0n) is 27.6. The summed E-state index contributed by atoms with van der Waals surface area (Å²) in [6.07, 6.45) is 11.3. The van der Waals surface area contributed by atoms with Crippen LogP contribution in [0, 0.1) is 20.2 Å². The van der Waals surface area contributed by atoms with Crippen LogP contribution in [0.3, 0.4) is 0 Å². The number of rotatable bonds is 3. The molecular formula is C38H38N4O6. The number of likely N-dealkylation sites (N-methyl/N-ethyl adjacent to an activating group) is 2. The molecule has 4 aliphatic rings. The molecule has 0 saturated carbocycles. The highest BCUT2D eigenvalue weighted by molar-refractivity contribution is 6.07. The molecule has 1 unspecified atom stereocenters. The monoisotopic (exact) mass is 647 g/mol. The van der Waals surface area contributed by atoms with Crippen LogP contribution >= 0.6 is 0 Å². The van der Waals surface area contributed by atoms with Crippen LogP contribution < -0.4 is 14.5 Å². The fourth-order valence-electron chi connectivity index (χ4n) is 7.13. The summed E-state index contributed by atoms with van der Waals surface area (Å²) in [7, 11) is 4.01. The Kier molecular flexibility index (Phi) is 7.70. The molecule has 0 bridgehead atoms. The van der Waals surface area contributed by atoms with Gasteiger partial charge in [0.15, 0.2) is 5.78 Å². The van der Waals surface area contributed by atoms with E-state index < -0.39 is 10.6 Å². The van der Waals surface area contributed by atoms with Gasteiger partial charge in [0.25, 0.3) is 11.4 Å². The number of benzene rings is 3. The lowest BCUT2D eigenvalue weighted by atomic mass is 9.76. The molecule has 0 aromatic heterocycles. The summed E-state index contributed by atoms with van der Waals surface area (Å²) in [6.45, 7) is 8.58. The van der Waals surface area contributed by atoms with Crippen molar-refractivity contribution in [3.05, 3.63) is 157 Å². The first-order valence-corrected chi connectivity index (χ1v) is 15.5. The lowest BCUT2D eigenvalue weighted by Crippen LogP contribution is -2.58. The Bertz CT molecular complexity index is 2040. The number of carbonyl (C=O) groups excluding carboxylic acids is 1. The summed E-state index contributed by atoms with van der Waals surface area (Å²) < 4.78 is 6.44. The number of para-hydroxylation sites is 2. The van der Waals surface area contributed by atoms with Crippen LogP contribution in [-0.4, -0.2) is 35.5 Å². The molecule has 48 heavy (non-hydrogen) atoms. The van der Waals surface area contributed by atoms with E-state index in [2.05, 4.69) is 61.8 Å². The van der Waals surface area contributed by atoms with Gasteiger partial charge in [0.1, 0.15) is 5.75 Å². The zero-order chi connectivity index (χ0) is 34.6. The van der Waals surface area contributed by atoms with Gasteiger partial charge < -0.3 is 14.5 Å². The molecule has 3 heterocycles. The van der Waals surface area contributed by atoms with E-state index >= 15 is 0 Å². The molecule has 1 spiro atoms. The first-order valence-electron chi connectivity index (χ1n) is 15.5. The third-order valence-electron chi connectivity index (χ3n) is 9.86. The molecule has 3 aliphatic heterocycles. The average molecular weight is 648 g/mol. The summed E-state index contributed by atoms with van der Waals surface area (Å²) >= 11 is 0. The molecule has 3 aromatic rings. The van der Waals surface area contributed by atoms with Gasteiger partial charge in [-0.15, -0.1) is 0 Å². The number of carbonyl (C=O) groups is 1. The van der Waals surface area contributed by atoms with Gasteiger partial charge in [-0.3, -0.25) is 25.0 Å². The van der Waals surface area contributed by atoms with Crippen molar-refractivity contribution in [1.82, 2.24) is 0 Å². The number of ketones is 1. The zero-order valence-corrected chi connectivity index (χ0v) is 27.6. The fraction of sp³-hybridized carbons (Fsp3) is 0.237. The quantitative estimate of drug-likeness (QED) is 0.160. The van der Waals surface area contributed by atoms with Crippen molar-refractivity contribution in [2.24, 2.45) is 0 Å². The first kappa shape index (κ1) is 32.2. The molecule has 0 fully saturated rings. The van der Waals surface area contributed by atoms with Gasteiger partial charge in [-0.05, 0) is 73.6 Å². The summed E-state index contributed by atoms with van der Waals surface area (Å²) in [5.41, 5.74) is 5.65. The number of non-ortho nitro benzene ring substituents is 1. The summed E-state index contributed by atoms with van der Waals surface area (Å²) in [6, 6.07) is 21.2. The van der Waals surface area contributed by atoms with Gasteiger partial charge in [0.2, 0.25) is 5.72 Å². The fourth-order valence-corrected chi connectivity index (χ4v) is 7.13. The van der Waals surface area contributed by atoms with Crippen LogP contribution in [0.5, 0.6) is 5.75 Å². The molecule has 10 nitrogen and oxygen atoms in total. The Morgan fingerprint density at radius 1 is 0.812 bits per heavy atom. The highest BCUT2D eigenvalue weighted by Gasteiger charge is 2.57. The van der Waals surface area contributed by atoms with Crippen molar-refractivity contribution in [2.45, 2.75) is 44.2 Å². The minimum absolute atomic E-state index is 0. The lowest BCUT2D eigenvalue weighted by Gasteiger charge is -2.45. The van der Waals surface area contributed by atoms with Crippen LogP contribution in [-0.2, 0) is 15.6 Å². The maximum atomic E-state index is 12.0. The molecule has 1 aliphatic carbocycles. The van der Waals surface area contributed by atoms with Crippen LogP contribution in [0.1, 0.15) is 45.8 Å². The van der Waals surface area contributed by atoms with Gasteiger partial charge in [-0.25, -0.2) is 0 Å². The van der Waals surface area contributed by atoms with Crippen molar-refractivity contribution in [3.63, 3.8) is 0 Å². The van der Waals surface area contributed by atoms with Crippen LogP contribution in [0.4, 0.5) is 17.1 Å². The molecular weight excluding hydrogens is 608 g/mol. The normalized spacial score (nSPS) is 22.5. The topological polar surface area (TPSA) is 119 Å². The average Bonchev–Trinajstić information content (AvgIpc) is 3.36. The second kappa shape index (κ2) is 11.5. The first-order chi connectivity index (χ1) is 22.7. The minimum Gasteiger partial charge on any atom is -0.463 e. The number of nitro benzene ring substituents is 1. The second-order valence-electron chi connectivity index (χ2n) is 13.2. The van der Waals surface area contributed by atoms with E-state index in [1.54, 1.807) is 18.2 Å². The van der Waals surface area contributed by atoms with E-state index in [0.717, 1.165) is 22.6 Å². The third kappa shape index (κ3) is 5.00. The molecule has 7 rings (SSSR count). The Morgan fingerprint density at radius 2 is 1.48 bits per heavy atom. The number of nitro groups is 2. The van der Waals surface area contributed by atoms with Crippen LogP contribution in [0.25, 0.3) is 6.08 Å². The molecule has 246 valence electrons. The van der Waals surface area contributed by atoms with Gasteiger partial charge >= 0.3 is 0 Å². The lowest BCUT2D eigenvalue weighted by molar-refractivity contribution is -0.419. The second-order valence-corrected chi connectivity index (χ2v) is 13.2. The molecule has 10 heteroatoms.